The Bertz CT molecular complexity index is 535. The van der Waals surface area contributed by atoms with Crippen LogP contribution in [0.1, 0.15) is 27.2 Å². The van der Waals surface area contributed by atoms with Crippen molar-refractivity contribution in [3.05, 3.63) is 0 Å². The number of ether oxygens (including phenoxy) is 3. The summed E-state index contributed by atoms with van der Waals surface area (Å²) in [5, 5.41) is 24.7. The summed E-state index contributed by atoms with van der Waals surface area (Å²) < 4.78 is 16.3. The molecule has 0 spiro atoms. The second-order valence-electron chi connectivity index (χ2n) is 6.38. The van der Waals surface area contributed by atoms with Crippen molar-refractivity contribution >= 4 is 28.7 Å². The van der Waals surface area contributed by atoms with E-state index in [9.17, 15) is 24.6 Å². The SMILES string of the molecule is CCCNC(=O)CSC(=O)[C@@H](C)O[C@H]1[C@H](O)[C@@H](CO)O[C@H](OC)[C@@H]1NC(C)=O. The van der Waals surface area contributed by atoms with E-state index in [2.05, 4.69) is 10.6 Å². The number of carbonyl (C=O) groups excluding carboxylic acids is 3. The van der Waals surface area contributed by atoms with E-state index in [4.69, 9.17) is 14.2 Å². The average Bonchev–Trinajstić information content (AvgIpc) is 2.66. The smallest absolute Gasteiger partial charge is 0.230 e. The van der Waals surface area contributed by atoms with Gasteiger partial charge >= 0.3 is 0 Å². The van der Waals surface area contributed by atoms with Gasteiger partial charge in [-0.3, -0.25) is 14.4 Å². The molecule has 1 heterocycles. The zero-order valence-corrected chi connectivity index (χ0v) is 17.4. The Morgan fingerprint density at radius 1 is 1.32 bits per heavy atom. The molecular weight excluding hydrogens is 392 g/mol. The molecule has 0 saturated carbocycles. The molecule has 0 bridgehead atoms. The number of nitrogens with one attached hydrogen (secondary N) is 2. The summed E-state index contributed by atoms with van der Waals surface area (Å²) in [6.45, 7) is 4.73. The fourth-order valence-corrected chi connectivity index (χ4v) is 3.35. The molecule has 10 nitrogen and oxygen atoms in total. The van der Waals surface area contributed by atoms with E-state index in [-0.39, 0.29) is 11.7 Å². The van der Waals surface area contributed by atoms with Crippen LogP contribution in [0.15, 0.2) is 0 Å². The van der Waals surface area contributed by atoms with Gasteiger partial charge in [-0.2, -0.15) is 0 Å². The van der Waals surface area contributed by atoms with E-state index >= 15 is 0 Å². The van der Waals surface area contributed by atoms with Crippen molar-refractivity contribution in [2.75, 3.05) is 26.0 Å². The quantitative estimate of drug-likeness (QED) is 0.340. The van der Waals surface area contributed by atoms with Crippen LogP contribution < -0.4 is 10.6 Å². The number of hydrogen-bond acceptors (Lipinski definition) is 9. The monoisotopic (exact) mass is 422 g/mol. The third kappa shape index (κ3) is 7.30. The van der Waals surface area contributed by atoms with Gasteiger partial charge < -0.3 is 35.1 Å². The first-order valence-corrected chi connectivity index (χ1v) is 10.1. The molecule has 4 N–H and O–H groups in total. The molecule has 0 aromatic carbocycles. The molecule has 0 radical (unpaired) electrons. The largest absolute Gasteiger partial charge is 0.394 e. The fourth-order valence-electron chi connectivity index (χ4n) is 2.68. The summed E-state index contributed by atoms with van der Waals surface area (Å²) in [4.78, 5) is 35.5. The number of rotatable bonds is 10. The zero-order valence-electron chi connectivity index (χ0n) is 16.5. The lowest BCUT2D eigenvalue weighted by molar-refractivity contribution is -0.273. The van der Waals surface area contributed by atoms with Crippen molar-refractivity contribution in [2.24, 2.45) is 0 Å². The standard InChI is InChI=1S/C17H30N2O8S/c1-5-6-18-12(22)8-28-16(24)9(2)26-15-13(19-10(3)21)17(25-4)27-11(7-20)14(15)23/h9,11,13-15,17,20,23H,5-8H2,1-4H3,(H,18,22)(H,19,21)/t9-,11-,13-,14-,15-,17+/m1/s1. The molecule has 0 aromatic heterocycles. The van der Waals surface area contributed by atoms with E-state index in [1.54, 1.807) is 0 Å². The van der Waals surface area contributed by atoms with E-state index in [1.165, 1.54) is 21.0 Å². The number of aliphatic hydroxyl groups is 2. The molecule has 1 fully saturated rings. The lowest BCUT2D eigenvalue weighted by atomic mass is 9.96. The molecule has 28 heavy (non-hydrogen) atoms. The highest BCUT2D eigenvalue weighted by Gasteiger charge is 2.47. The highest BCUT2D eigenvalue weighted by atomic mass is 32.2. The van der Waals surface area contributed by atoms with E-state index in [1.807, 2.05) is 6.92 Å². The molecule has 0 aromatic rings. The summed E-state index contributed by atoms with van der Waals surface area (Å²) in [7, 11) is 1.35. The summed E-state index contributed by atoms with van der Waals surface area (Å²) >= 11 is 0.804. The molecule has 162 valence electrons. The number of aliphatic hydroxyl groups excluding tert-OH is 2. The van der Waals surface area contributed by atoms with E-state index in [0.29, 0.717) is 6.54 Å². The van der Waals surface area contributed by atoms with Gasteiger partial charge in [-0.25, -0.2) is 0 Å². The first-order valence-electron chi connectivity index (χ1n) is 9.08. The van der Waals surface area contributed by atoms with Crippen LogP contribution in [-0.2, 0) is 28.6 Å². The van der Waals surface area contributed by atoms with Gasteiger partial charge in [0.25, 0.3) is 0 Å². The number of hydrogen-bond donors (Lipinski definition) is 4. The lowest BCUT2D eigenvalue weighted by Gasteiger charge is -2.44. The van der Waals surface area contributed by atoms with Gasteiger partial charge in [0.15, 0.2) is 6.29 Å². The number of amides is 2. The second kappa shape index (κ2) is 12.3. The molecule has 1 aliphatic rings. The normalized spacial score (nSPS) is 28.4. The van der Waals surface area contributed by atoms with Crippen molar-refractivity contribution in [2.45, 2.75) is 63.9 Å². The molecule has 1 aliphatic heterocycles. The Hall–Kier alpha value is -1.24. The molecule has 11 heteroatoms. The number of methoxy groups -OCH3 is 1. The Morgan fingerprint density at radius 2 is 2.00 bits per heavy atom. The fraction of sp³-hybridized carbons (Fsp3) is 0.824. The van der Waals surface area contributed by atoms with Crippen molar-refractivity contribution in [3.8, 4) is 0 Å². The minimum Gasteiger partial charge on any atom is -0.394 e. The molecule has 6 atom stereocenters. The Labute approximate surface area is 168 Å². The second-order valence-corrected chi connectivity index (χ2v) is 7.36. The molecule has 1 saturated heterocycles. The lowest BCUT2D eigenvalue weighted by Crippen LogP contribution is -2.65. The highest BCUT2D eigenvalue weighted by Crippen LogP contribution is 2.26. The zero-order chi connectivity index (χ0) is 21.3. The van der Waals surface area contributed by atoms with E-state index in [0.717, 1.165) is 18.2 Å². The minimum absolute atomic E-state index is 0.0437. The third-order valence-corrected chi connectivity index (χ3v) is 5.09. The van der Waals surface area contributed by atoms with Gasteiger partial charge in [0.1, 0.15) is 30.5 Å². The summed E-state index contributed by atoms with van der Waals surface area (Å²) in [6.07, 6.45) is -4.54. The maximum Gasteiger partial charge on any atom is 0.230 e. The van der Waals surface area contributed by atoms with Crippen molar-refractivity contribution < 1.29 is 38.8 Å². The van der Waals surface area contributed by atoms with Gasteiger partial charge in [0, 0.05) is 20.6 Å². The summed E-state index contributed by atoms with van der Waals surface area (Å²) in [6, 6.07) is -0.895. The molecule has 1 rings (SSSR count). The molecular formula is C17H30N2O8S. The van der Waals surface area contributed by atoms with Crippen LogP contribution in [-0.4, -0.2) is 89.9 Å². The maximum absolute atomic E-state index is 12.3. The van der Waals surface area contributed by atoms with Crippen LogP contribution in [0.25, 0.3) is 0 Å². The van der Waals surface area contributed by atoms with Gasteiger partial charge in [-0.1, -0.05) is 18.7 Å². The van der Waals surface area contributed by atoms with E-state index < -0.39 is 54.4 Å². The van der Waals surface area contributed by atoms with Crippen molar-refractivity contribution in [1.29, 1.82) is 0 Å². The van der Waals surface area contributed by atoms with Crippen LogP contribution in [0.3, 0.4) is 0 Å². The topological polar surface area (TPSA) is 143 Å². The van der Waals surface area contributed by atoms with Gasteiger partial charge in [-0.15, -0.1) is 0 Å². The van der Waals surface area contributed by atoms with Gasteiger partial charge in [0.05, 0.1) is 12.4 Å². The van der Waals surface area contributed by atoms with Crippen molar-refractivity contribution in [1.82, 2.24) is 10.6 Å². The molecule has 2 amide bonds. The predicted octanol–water partition coefficient (Wildman–Crippen LogP) is -1.22. The Kier molecular flexibility index (Phi) is 10.9. The van der Waals surface area contributed by atoms with Gasteiger partial charge in [-0.05, 0) is 13.3 Å². The van der Waals surface area contributed by atoms with Crippen LogP contribution >= 0.6 is 11.8 Å². The summed E-state index contributed by atoms with van der Waals surface area (Å²) in [5.74, 6) is -0.702. The number of thioether (sulfide) groups is 1. The third-order valence-electron chi connectivity index (χ3n) is 4.07. The number of carbonyl (C=O) groups is 3. The minimum atomic E-state index is -1.30. The Morgan fingerprint density at radius 3 is 2.54 bits per heavy atom. The average molecular weight is 423 g/mol. The first-order chi connectivity index (χ1) is 13.2. The van der Waals surface area contributed by atoms with Crippen molar-refractivity contribution in [3.63, 3.8) is 0 Å². The predicted molar refractivity (Wildman–Crippen MR) is 101 cm³/mol. The Balaban J connectivity index is 2.79. The summed E-state index contributed by atoms with van der Waals surface area (Å²) in [5.41, 5.74) is 0. The van der Waals surface area contributed by atoms with Crippen LogP contribution in [0.4, 0.5) is 0 Å². The highest BCUT2D eigenvalue weighted by molar-refractivity contribution is 8.14. The maximum atomic E-state index is 12.3. The van der Waals surface area contributed by atoms with Crippen LogP contribution in [0.5, 0.6) is 0 Å². The first kappa shape index (κ1) is 24.8. The molecule has 0 aliphatic carbocycles. The molecule has 0 unspecified atom stereocenters. The van der Waals surface area contributed by atoms with Crippen LogP contribution in [0.2, 0.25) is 0 Å². The van der Waals surface area contributed by atoms with Crippen LogP contribution in [0, 0.1) is 0 Å². The van der Waals surface area contributed by atoms with Gasteiger partial charge in [0.2, 0.25) is 16.9 Å².